The number of esters is 1. The summed E-state index contributed by atoms with van der Waals surface area (Å²) >= 11 is 0. The molecule has 1 fully saturated rings. The third-order valence-electron chi connectivity index (χ3n) is 5.47. The number of nitrogens with zero attached hydrogens (tertiary/aromatic N) is 2. The Balaban J connectivity index is 1.85. The van der Waals surface area contributed by atoms with Gasteiger partial charge in [0.2, 0.25) is 0 Å². The van der Waals surface area contributed by atoms with Gasteiger partial charge in [-0.25, -0.2) is 4.79 Å². The lowest BCUT2D eigenvalue weighted by Crippen LogP contribution is -2.33. The fourth-order valence-electron chi connectivity index (χ4n) is 3.52. The molecular weight excluding hydrogens is 386 g/mol. The van der Waals surface area contributed by atoms with Crippen molar-refractivity contribution in [1.82, 2.24) is 0 Å². The van der Waals surface area contributed by atoms with Crippen molar-refractivity contribution in [2.75, 3.05) is 30.4 Å². The third-order valence-corrected chi connectivity index (χ3v) is 5.47. The van der Waals surface area contributed by atoms with Gasteiger partial charge in [0.25, 0.3) is 11.6 Å². The fourth-order valence-corrected chi connectivity index (χ4v) is 3.52. The van der Waals surface area contributed by atoms with Crippen molar-refractivity contribution in [3.8, 4) is 0 Å². The monoisotopic (exact) mass is 411 g/mol. The van der Waals surface area contributed by atoms with Gasteiger partial charge in [0.15, 0.2) is 0 Å². The molecule has 3 rings (SSSR count). The van der Waals surface area contributed by atoms with E-state index in [1.54, 1.807) is 31.2 Å². The molecule has 0 spiro atoms. The Morgan fingerprint density at radius 3 is 2.43 bits per heavy atom. The second-order valence-corrected chi connectivity index (χ2v) is 7.61. The quantitative estimate of drug-likeness (QED) is 0.450. The first kappa shape index (κ1) is 21.3. The van der Waals surface area contributed by atoms with Crippen molar-refractivity contribution in [1.29, 1.82) is 0 Å². The number of ether oxygens (including phenoxy) is 1. The average molecular weight is 411 g/mol. The summed E-state index contributed by atoms with van der Waals surface area (Å²) in [5, 5.41) is 14.4. The van der Waals surface area contributed by atoms with E-state index in [4.69, 9.17) is 4.74 Å². The van der Waals surface area contributed by atoms with Crippen LogP contribution in [-0.4, -0.2) is 37.0 Å². The van der Waals surface area contributed by atoms with E-state index in [0.29, 0.717) is 22.9 Å². The highest BCUT2D eigenvalue weighted by Crippen LogP contribution is 2.32. The van der Waals surface area contributed by atoms with Crippen LogP contribution in [0.3, 0.4) is 0 Å². The Kier molecular flexibility index (Phi) is 6.34. The normalized spacial score (nSPS) is 14.3. The molecular formula is C22H25N3O5. The molecule has 1 amide bonds. The van der Waals surface area contributed by atoms with Crippen LogP contribution in [0.15, 0.2) is 36.4 Å². The molecule has 1 aliphatic heterocycles. The highest BCUT2D eigenvalue weighted by Gasteiger charge is 2.25. The first-order valence-electron chi connectivity index (χ1n) is 9.84. The molecule has 30 heavy (non-hydrogen) atoms. The fraction of sp³-hybridized carbons (Fsp3) is 0.364. The molecule has 2 aromatic rings. The zero-order valence-electron chi connectivity index (χ0n) is 17.3. The van der Waals surface area contributed by atoms with Crippen molar-refractivity contribution in [2.24, 2.45) is 5.92 Å². The molecule has 0 atom stereocenters. The lowest BCUT2D eigenvalue weighted by molar-refractivity contribution is -0.384. The van der Waals surface area contributed by atoms with Crippen LogP contribution in [0.5, 0.6) is 0 Å². The minimum atomic E-state index is -0.513. The number of methoxy groups -OCH3 is 1. The molecule has 0 unspecified atom stereocenters. The summed E-state index contributed by atoms with van der Waals surface area (Å²) in [6.45, 7) is 5.48. The van der Waals surface area contributed by atoms with Crippen LogP contribution in [0.25, 0.3) is 0 Å². The number of hydrogen-bond donors (Lipinski definition) is 1. The van der Waals surface area contributed by atoms with E-state index in [2.05, 4.69) is 12.2 Å². The molecule has 2 aromatic carbocycles. The molecule has 8 nitrogen and oxygen atoms in total. The first-order chi connectivity index (χ1) is 14.3. The predicted octanol–water partition coefficient (Wildman–Crippen LogP) is 4.18. The van der Waals surface area contributed by atoms with Crippen LogP contribution < -0.4 is 10.2 Å². The molecule has 1 aliphatic rings. The predicted molar refractivity (Wildman–Crippen MR) is 114 cm³/mol. The zero-order chi connectivity index (χ0) is 21.8. The number of amides is 1. The summed E-state index contributed by atoms with van der Waals surface area (Å²) in [4.78, 5) is 37.7. The highest BCUT2D eigenvalue weighted by molar-refractivity contribution is 6.06. The SMILES string of the molecule is COC(=O)c1ccc(C)c(NC(=O)c2ccc(N3CCC(C)CC3)c([N+](=O)[O-])c2)c1. The van der Waals surface area contributed by atoms with Crippen LogP contribution in [0.1, 0.15) is 46.0 Å². The number of benzene rings is 2. The molecule has 0 bridgehead atoms. The zero-order valence-corrected chi connectivity index (χ0v) is 17.3. The third kappa shape index (κ3) is 4.59. The van der Waals surface area contributed by atoms with Gasteiger partial charge in [0.1, 0.15) is 5.69 Å². The topological polar surface area (TPSA) is 102 Å². The maximum absolute atomic E-state index is 12.8. The first-order valence-corrected chi connectivity index (χ1v) is 9.84. The number of rotatable bonds is 5. The highest BCUT2D eigenvalue weighted by atomic mass is 16.6. The number of nitrogens with one attached hydrogen (secondary N) is 1. The Morgan fingerprint density at radius 1 is 1.13 bits per heavy atom. The summed E-state index contributed by atoms with van der Waals surface area (Å²) in [6.07, 6.45) is 1.96. The van der Waals surface area contributed by atoms with Gasteiger partial charge < -0.3 is 15.0 Å². The second-order valence-electron chi connectivity index (χ2n) is 7.61. The minimum Gasteiger partial charge on any atom is -0.465 e. The molecule has 0 radical (unpaired) electrons. The van der Waals surface area contributed by atoms with E-state index in [1.165, 1.54) is 19.2 Å². The number of nitro groups is 1. The second kappa shape index (κ2) is 8.94. The lowest BCUT2D eigenvalue weighted by Gasteiger charge is -2.31. The number of aryl methyl sites for hydroxylation is 1. The summed E-state index contributed by atoms with van der Waals surface area (Å²) in [5.41, 5.74) is 2.13. The average Bonchev–Trinajstić information content (AvgIpc) is 2.74. The molecule has 0 aliphatic carbocycles. The summed E-state index contributed by atoms with van der Waals surface area (Å²) in [7, 11) is 1.28. The van der Waals surface area contributed by atoms with E-state index < -0.39 is 16.8 Å². The van der Waals surface area contributed by atoms with Gasteiger partial charge in [-0.3, -0.25) is 14.9 Å². The number of nitro benzene ring substituents is 1. The lowest BCUT2D eigenvalue weighted by atomic mass is 9.98. The van der Waals surface area contributed by atoms with E-state index in [0.717, 1.165) is 31.5 Å². The summed E-state index contributed by atoms with van der Waals surface area (Å²) in [5.74, 6) is -0.391. The van der Waals surface area contributed by atoms with Gasteiger partial charge in [0, 0.05) is 30.4 Å². The Morgan fingerprint density at radius 2 is 1.80 bits per heavy atom. The van der Waals surface area contributed by atoms with Gasteiger partial charge in [-0.1, -0.05) is 13.0 Å². The van der Waals surface area contributed by atoms with E-state index >= 15 is 0 Å². The smallest absolute Gasteiger partial charge is 0.337 e. The number of carbonyl (C=O) groups excluding carboxylic acids is 2. The van der Waals surface area contributed by atoms with Gasteiger partial charge >= 0.3 is 5.97 Å². The van der Waals surface area contributed by atoms with Crippen LogP contribution in [-0.2, 0) is 4.74 Å². The maximum atomic E-state index is 12.8. The summed E-state index contributed by atoms with van der Waals surface area (Å²) < 4.78 is 4.71. The number of anilines is 2. The van der Waals surface area contributed by atoms with E-state index in [-0.39, 0.29) is 11.3 Å². The molecule has 0 aromatic heterocycles. The number of piperidine rings is 1. The van der Waals surface area contributed by atoms with Gasteiger partial charge in [-0.2, -0.15) is 0 Å². The van der Waals surface area contributed by atoms with Crippen molar-refractivity contribution in [3.63, 3.8) is 0 Å². The largest absolute Gasteiger partial charge is 0.465 e. The van der Waals surface area contributed by atoms with Gasteiger partial charge in [0.05, 0.1) is 17.6 Å². The van der Waals surface area contributed by atoms with Crippen molar-refractivity contribution in [2.45, 2.75) is 26.7 Å². The van der Waals surface area contributed by atoms with Crippen LogP contribution >= 0.6 is 0 Å². The van der Waals surface area contributed by atoms with E-state index in [1.807, 2.05) is 4.90 Å². The molecule has 0 saturated carbocycles. The standard InChI is InChI=1S/C22H25N3O5/c1-14-8-10-24(11-9-14)19-7-6-16(13-20(19)25(28)29)21(26)23-18-12-17(22(27)30-3)5-4-15(18)2/h4-7,12-14H,8-11H2,1-3H3,(H,23,26). The molecule has 1 saturated heterocycles. The minimum absolute atomic E-state index is 0.0859. The molecule has 1 heterocycles. The van der Waals surface area contributed by atoms with Crippen molar-refractivity contribution in [3.05, 3.63) is 63.2 Å². The van der Waals surface area contributed by atoms with Gasteiger partial charge in [-0.05, 0) is 55.5 Å². The molecule has 1 N–H and O–H groups in total. The number of carbonyl (C=O) groups is 2. The Labute approximate surface area is 175 Å². The van der Waals surface area contributed by atoms with Gasteiger partial charge in [-0.15, -0.1) is 0 Å². The summed E-state index contributed by atoms with van der Waals surface area (Å²) in [6, 6.07) is 9.37. The van der Waals surface area contributed by atoms with Crippen molar-refractivity contribution >= 4 is 28.9 Å². The maximum Gasteiger partial charge on any atom is 0.337 e. The Bertz CT molecular complexity index is 981. The van der Waals surface area contributed by atoms with Crippen LogP contribution in [0.2, 0.25) is 0 Å². The molecule has 8 heteroatoms. The van der Waals surface area contributed by atoms with Crippen molar-refractivity contribution < 1.29 is 19.2 Å². The van der Waals surface area contributed by atoms with E-state index in [9.17, 15) is 19.7 Å². The van der Waals surface area contributed by atoms with Crippen LogP contribution in [0, 0.1) is 23.0 Å². The number of hydrogen-bond acceptors (Lipinski definition) is 6. The Hall–Kier alpha value is -3.42. The van der Waals surface area contributed by atoms with Crippen LogP contribution in [0.4, 0.5) is 17.1 Å². The molecule has 158 valence electrons.